The van der Waals surface area contributed by atoms with Gasteiger partial charge in [0.25, 0.3) is 5.91 Å². The molecule has 4 aliphatic rings. The van der Waals surface area contributed by atoms with Gasteiger partial charge < -0.3 is 57.7 Å². The number of nitrogens with one attached hydrogen (secondary N) is 7. The Morgan fingerprint density at radius 3 is 1.67 bits per heavy atom. The molecule has 0 spiro atoms. The minimum atomic E-state index is -1.33. The van der Waals surface area contributed by atoms with Crippen molar-refractivity contribution in [1.29, 1.82) is 0 Å². The number of rotatable bonds is 15. The number of nitrogens with zero attached hydrogens (tertiary/aromatic N) is 3. The van der Waals surface area contributed by atoms with Crippen molar-refractivity contribution in [2.75, 3.05) is 19.6 Å². The Morgan fingerprint density at radius 1 is 0.608 bits per heavy atom. The standard InChI is InChI=1S/C58H83N11O10/c1-9-36(8)48(49(59)70)66-51(72)40(30-37-19-12-10-13-20-37)61-52(73)42-32-60-47(35(6)7)58(79)68-27-17-24-44(68)54(75)65-46(34(4)5)55(76)63-41(31-38-21-14-11-15-22-38)56(77)69-28-18-25-45(69)57(78)67-26-16-23-43(67)53(74)62-39(29-33(2)3)50(71)64-42/h10-15,19-22,32-36,39-41,43-48,60H,9,16-18,23-31H2,1-8H3,(H2,59,70)(H,61,73)(H,62,74)(H,63,76)(H,64,71)(H,65,75)(H,66,72)/b42-32-/t36?,39-,40-,41-,43-,44-,45-,46-,47-,48-/m0/s1. The maximum atomic E-state index is 14.8. The topological polar surface area (TPSA) is 291 Å². The number of benzene rings is 2. The maximum absolute atomic E-state index is 14.8. The van der Waals surface area contributed by atoms with Crippen molar-refractivity contribution in [3.8, 4) is 0 Å². The molecule has 79 heavy (non-hydrogen) atoms. The fourth-order valence-electron chi connectivity index (χ4n) is 10.9. The number of hydrogen-bond acceptors (Lipinski definition) is 11. The van der Waals surface area contributed by atoms with Crippen molar-refractivity contribution in [1.82, 2.24) is 51.9 Å². The number of primary amides is 1. The van der Waals surface area contributed by atoms with Crippen LogP contribution in [-0.2, 0) is 60.8 Å². The number of fused-ring (bicyclic) bond motifs is 3. The third-order valence-electron chi connectivity index (χ3n) is 15.5. The maximum Gasteiger partial charge on any atom is 0.269 e. The number of nitrogens with two attached hydrogens (primary N) is 1. The molecule has 0 aliphatic carbocycles. The van der Waals surface area contributed by atoms with Gasteiger partial charge in [0.1, 0.15) is 60.1 Å². The van der Waals surface area contributed by atoms with Gasteiger partial charge in [0.15, 0.2) is 0 Å². The van der Waals surface area contributed by atoms with Crippen LogP contribution in [0.2, 0.25) is 0 Å². The zero-order chi connectivity index (χ0) is 57.7. The van der Waals surface area contributed by atoms with Crippen LogP contribution in [-0.4, -0.2) is 148 Å². The highest BCUT2D eigenvalue weighted by molar-refractivity contribution is 6.03. The highest BCUT2D eigenvalue weighted by Crippen LogP contribution is 2.27. The van der Waals surface area contributed by atoms with Gasteiger partial charge >= 0.3 is 0 Å². The van der Waals surface area contributed by atoms with Crippen molar-refractivity contribution in [3.05, 3.63) is 83.7 Å². The quantitative estimate of drug-likeness (QED) is 0.127. The first-order chi connectivity index (χ1) is 37.6. The molecule has 9 N–H and O–H groups in total. The van der Waals surface area contributed by atoms with E-state index in [0.717, 1.165) is 11.8 Å². The predicted molar refractivity (Wildman–Crippen MR) is 295 cm³/mol. The summed E-state index contributed by atoms with van der Waals surface area (Å²) in [6.45, 7) is 14.9. The zero-order valence-corrected chi connectivity index (χ0v) is 47.1. The van der Waals surface area contributed by atoms with E-state index < -0.39 is 131 Å². The van der Waals surface area contributed by atoms with Crippen molar-refractivity contribution >= 4 is 59.1 Å². The third kappa shape index (κ3) is 15.7. The summed E-state index contributed by atoms with van der Waals surface area (Å²) in [5.74, 6) is -8.03. The molecule has 6 rings (SSSR count). The lowest BCUT2D eigenvalue weighted by Crippen LogP contribution is -2.61. The van der Waals surface area contributed by atoms with Gasteiger partial charge in [0.05, 0.1) is 0 Å². The Morgan fingerprint density at radius 2 is 1.13 bits per heavy atom. The summed E-state index contributed by atoms with van der Waals surface area (Å²) in [5.41, 5.74) is 6.71. The van der Waals surface area contributed by atoms with Gasteiger partial charge in [0, 0.05) is 38.7 Å². The van der Waals surface area contributed by atoms with Crippen LogP contribution >= 0.6 is 0 Å². The van der Waals surface area contributed by atoms with Crippen LogP contribution in [0.1, 0.15) is 118 Å². The molecule has 10 amide bonds. The first kappa shape index (κ1) is 60.9. The number of carbonyl (C=O) groups excluding carboxylic acids is 10. The molecule has 4 heterocycles. The van der Waals surface area contributed by atoms with Gasteiger partial charge in [-0.05, 0) is 79.7 Å². The Hall–Kier alpha value is -7.32. The van der Waals surface area contributed by atoms with Crippen LogP contribution in [0.15, 0.2) is 72.6 Å². The average molecular weight is 1090 g/mol. The molecule has 0 bridgehead atoms. The molecule has 21 nitrogen and oxygen atoms in total. The highest BCUT2D eigenvalue weighted by atomic mass is 16.2. The molecule has 4 aliphatic heterocycles. The van der Waals surface area contributed by atoms with Crippen molar-refractivity contribution in [3.63, 3.8) is 0 Å². The fraction of sp³-hybridized carbons (Fsp3) is 0.586. The lowest BCUT2D eigenvalue weighted by Gasteiger charge is -2.34. The molecule has 0 radical (unpaired) electrons. The third-order valence-corrected chi connectivity index (χ3v) is 15.5. The summed E-state index contributed by atoms with van der Waals surface area (Å²) in [5, 5.41) is 19.9. The zero-order valence-electron chi connectivity index (χ0n) is 47.1. The lowest BCUT2D eigenvalue weighted by molar-refractivity contribution is -0.148. The van der Waals surface area contributed by atoms with Gasteiger partial charge in [-0.1, -0.05) is 122 Å². The van der Waals surface area contributed by atoms with Gasteiger partial charge in [-0.2, -0.15) is 0 Å². The second-order valence-electron chi connectivity index (χ2n) is 22.7. The second kappa shape index (κ2) is 28.0. The number of hydrogen-bond donors (Lipinski definition) is 8. The van der Waals surface area contributed by atoms with Crippen LogP contribution in [0.25, 0.3) is 0 Å². The van der Waals surface area contributed by atoms with Crippen molar-refractivity contribution in [2.45, 2.75) is 174 Å². The fourth-order valence-corrected chi connectivity index (χ4v) is 10.9. The highest BCUT2D eigenvalue weighted by Gasteiger charge is 2.46. The van der Waals surface area contributed by atoms with Gasteiger partial charge in [-0.15, -0.1) is 0 Å². The van der Waals surface area contributed by atoms with E-state index in [2.05, 4.69) is 37.2 Å². The van der Waals surface area contributed by atoms with E-state index in [1.807, 2.05) is 51.1 Å². The van der Waals surface area contributed by atoms with E-state index >= 15 is 0 Å². The molecule has 2 aromatic carbocycles. The molecular weight excluding hydrogens is 1010 g/mol. The van der Waals surface area contributed by atoms with Crippen LogP contribution in [0.3, 0.4) is 0 Å². The molecule has 21 heteroatoms. The summed E-state index contributed by atoms with van der Waals surface area (Å²) >= 11 is 0. The Bertz CT molecular complexity index is 2560. The number of carbonyl (C=O) groups is 10. The van der Waals surface area contributed by atoms with Gasteiger partial charge in [-0.25, -0.2) is 0 Å². The summed E-state index contributed by atoms with van der Waals surface area (Å²) in [6, 6.07) is 7.92. The minimum absolute atomic E-state index is 0.0480. The molecule has 0 aromatic heterocycles. The molecule has 430 valence electrons. The molecule has 3 fully saturated rings. The molecule has 2 aromatic rings. The Balaban J connectivity index is 1.41. The Kier molecular flexibility index (Phi) is 21.6. The molecule has 10 atom stereocenters. The molecular formula is C58H83N11O10. The van der Waals surface area contributed by atoms with E-state index in [9.17, 15) is 47.9 Å². The second-order valence-corrected chi connectivity index (χ2v) is 22.7. The van der Waals surface area contributed by atoms with E-state index in [4.69, 9.17) is 5.73 Å². The largest absolute Gasteiger partial charge is 0.378 e. The smallest absolute Gasteiger partial charge is 0.269 e. The van der Waals surface area contributed by atoms with E-state index in [1.54, 1.807) is 65.0 Å². The first-order valence-corrected chi connectivity index (χ1v) is 28.2. The van der Waals surface area contributed by atoms with Crippen LogP contribution in [0.4, 0.5) is 0 Å². The van der Waals surface area contributed by atoms with Crippen molar-refractivity contribution < 1.29 is 47.9 Å². The Labute approximate surface area is 464 Å². The van der Waals surface area contributed by atoms with E-state index in [1.165, 1.54) is 14.7 Å². The summed E-state index contributed by atoms with van der Waals surface area (Å²) < 4.78 is 0. The molecule has 3 saturated heterocycles. The van der Waals surface area contributed by atoms with E-state index in [0.29, 0.717) is 37.7 Å². The summed E-state index contributed by atoms with van der Waals surface area (Å²) in [7, 11) is 0. The SMILES string of the molecule is CCC(C)[C@H](NC(=O)[C@H](Cc1ccccc1)NC(=O)/C1=C/N[C@@H](C(C)C)C(=O)N2CCC[C@H]2C(=O)N[C@@H](C(C)C)C(=O)N[C@@H](Cc2ccccc2)C(=O)N2CCC[C@H]2C(=O)N2CCC[C@H]2C(=O)N[C@@H](CC(C)C)C(=O)N1)C(N)=O. The van der Waals surface area contributed by atoms with Crippen molar-refractivity contribution in [2.24, 2.45) is 29.4 Å². The van der Waals surface area contributed by atoms with Crippen LogP contribution in [0.5, 0.6) is 0 Å². The van der Waals surface area contributed by atoms with Crippen LogP contribution < -0.4 is 43.0 Å². The summed E-state index contributed by atoms with van der Waals surface area (Å²) in [4.78, 5) is 149. The van der Waals surface area contributed by atoms with Crippen LogP contribution in [0, 0.1) is 23.7 Å². The van der Waals surface area contributed by atoms with Gasteiger partial charge in [-0.3, -0.25) is 47.9 Å². The minimum Gasteiger partial charge on any atom is -0.378 e. The van der Waals surface area contributed by atoms with Gasteiger partial charge in [0.2, 0.25) is 53.2 Å². The molecule has 1 unspecified atom stereocenters. The summed E-state index contributed by atoms with van der Waals surface area (Å²) in [6.07, 6.45) is 4.03. The van der Waals surface area contributed by atoms with E-state index in [-0.39, 0.29) is 63.6 Å². The number of amides is 10. The molecule has 0 saturated carbocycles. The normalized spacial score (nSPS) is 25.8. The predicted octanol–water partition coefficient (Wildman–Crippen LogP) is 1.69. The first-order valence-electron chi connectivity index (χ1n) is 28.2. The average Bonchev–Trinajstić information content (AvgIpc) is 4.24. The lowest BCUT2D eigenvalue weighted by atomic mass is 9.97. The monoisotopic (exact) mass is 1090 g/mol.